The molecule has 0 bridgehead atoms. The molecular weight excluding hydrogens is 372 g/mol. The van der Waals surface area contributed by atoms with Crippen molar-refractivity contribution in [3.05, 3.63) is 34.9 Å². The van der Waals surface area contributed by atoms with Crippen LogP contribution in [0.5, 0.6) is 0 Å². The maximum atomic E-state index is 12.9. The molecule has 0 saturated carbocycles. The van der Waals surface area contributed by atoms with Crippen LogP contribution in [0.4, 0.5) is 0 Å². The Hall–Kier alpha value is -2.12. The van der Waals surface area contributed by atoms with E-state index in [9.17, 15) is 19.5 Å². The zero-order valence-electron chi connectivity index (χ0n) is 15.1. The minimum atomic E-state index is -1.02. The van der Waals surface area contributed by atoms with E-state index in [0.717, 1.165) is 5.56 Å². The van der Waals surface area contributed by atoms with Gasteiger partial charge in [0, 0.05) is 38.2 Å². The maximum Gasteiger partial charge on any atom is 0.311 e. The molecule has 7 nitrogen and oxygen atoms in total. The lowest BCUT2D eigenvalue weighted by Crippen LogP contribution is -2.48. The zero-order valence-corrected chi connectivity index (χ0v) is 15.9. The summed E-state index contributed by atoms with van der Waals surface area (Å²) in [6, 6.07) is 6.68. The van der Waals surface area contributed by atoms with E-state index in [4.69, 9.17) is 16.3 Å². The lowest BCUT2D eigenvalue weighted by Gasteiger charge is -2.33. The molecule has 0 aromatic heterocycles. The largest absolute Gasteiger partial charge is 0.481 e. The number of aliphatic carboxylic acids is 1. The second kappa shape index (κ2) is 7.86. The van der Waals surface area contributed by atoms with E-state index in [1.165, 1.54) is 0 Å². The molecule has 27 heavy (non-hydrogen) atoms. The summed E-state index contributed by atoms with van der Waals surface area (Å²) in [7, 11) is 1.67. The molecule has 3 rings (SSSR count). The number of carbonyl (C=O) groups excluding carboxylic acids is 2. The summed E-state index contributed by atoms with van der Waals surface area (Å²) in [6.45, 7) is 0.747. The van der Waals surface area contributed by atoms with Gasteiger partial charge in [0.2, 0.25) is 11.8 Å². The van der Waals surface area contributed by atoms with Crippen LogP contribution in [0.25, 0.3) is 0 Å². The molecule has 2 saturated heterocycles. The number of carboxylic acids is 1. The molecule has 2 amide bonds. The highest BCUT2D eigenvalue weighted by Crippen LogP contribution is 2.38. The van der Waals surface area contributed by atoms with E-state index in [1.54, 1.807) is 30.1 Å². The van der Waals surface area contributed by atoms with E-state index in [-0.39, 0.29) is 24.8 Å². The number of hydrogen-bond acceptors (Lipinski definition) is 4. The first-order chi connectivity index (χ1) is 12.8. The molecular formula is C19H23ClN2O5. The van der Waals surface area contributed by atoms with Gasteiger partial charge in [-0.2, -0.15) is 0 Å². The van der Waals surface area contributed by atoms with Gasteiger partial charge < -0.3 is 20.1 Å². The normalized spacial score (nSPS) is 24.7. The topological polar surface area (TPSA) is 95.9 Å². The van der Waals surface area contributed by atoms with Crippen molar-refractivity contribution < 1.29 is 24.2 Å². The number of benzene rings is 1. The van der Waals surface area contributed by atoms with Gasteiger partial charge in [-0.05, 0) is 30.5 Å². The Morgan fingerprint density at radius 3 is 2.70 bits per heavy atom. The number of carbonyl (C=O) groups is 3. The minimum absolute atomic E-state index is 0.0290. The number of nitrogens with one attached hydrogen (secondary N) is 1. The fourth-order valence-corrected chi connectivity index (χ4v) is 4.07. The molecule has 2 atom stereocenters. The van der Waals surface area contributed by atoms with Crippen molar-refractivity contribution in [3.8, 4) is 0 Å². The molecule has 2 aliphatic rings. The highest BCUT2D eigenvalue weighted by molar-refractivity contribution is 6.30. The van der Waals surface area contributed by atoms with E-state index in [2.05, 4.69) is 5.32 Å². The summed E-state index contributed by atoms with van der Waals surface area (Å²) < 4.78 is 5.26. The third-order valence-electron chi connectivity index (χ3n) is 5.62. The van der Waals surface area contributed by atoms with Crippen LogP contribution >= 0.6 is 11.6 Å². The Morgan fingerprint density at radius 1 is 1.37 bits per heavy atom. The molecule has 2 aliphatic heterocycles. The van der Waals surface area contributed by atoms with Crippen LogP contribution in [0.15, 0.2) is 24.3 Å². The number of hydrogen-bond donors (Lipinski definition) is 2. The van der Waals surface area contributed by atoms with Gasteiger partial charge in [-0.3, -0.25) is 14.4 Å². The van der Waals surface area contributed by atoms with E-state index >= 15 is 0 Å². The molecule has 0 radical (unpaired) electrons. The summed E-state index contributed by atoms with van der Waals surface area (Å²) >= 11 is 6.07. The number of carboxylic acid groups (broad SMARTS) is 1. The molecule has 2 fully saturated rings. The first-order valence-corrected chi connectivity index (χ1v) is 9.32. The molecule has 2 N–H and O–H groups in total. The van der Waals surface area contributed by atoms with Crippen LogP contribution in [-0.4, -0.2) is 54.6 Å². The Morgan fingerprint density at radius 2 is 2.07 bits per heavy atom. The number of rotatable bonds is 5. The average Bonchev–Trinajstić information content (AvgIpc) is 2.95. The maximum absolute atomic E-state index is 12.9. The van der Waals surface area contributed by atoms with Gasteiger partial charge >= 0.3 is 5.97 Å². The zero-order chi connectivity index (χ0) is 19.6. The van der Waals surface area contributed by atoms with Gasteiger partial charge in [0.05, 0.1) is 17.4 Å². The number of ether oxygens (including phenoxy) is 1. The number of likely N-dealkylation sites (tertiary alicyclic amines) is 1. The van der Waals surface area contributed by atoms with Crippen LogP contribution in [0.3, 0.4) is 0 Å². The number of halogens is 1. The van der Waals surface area contributed by atoms with Gasteiger partial charge in [-0.25, -0.2) is 0 Å². The summed E-state index contributed by atoms with van der Waals surface area (Å²) in [4.78, 5) is 38.4. The first kappa shape index (κ1) is 19.6. The van der Waals surface area contributed by atoms with Gasteiger partial charge in [0.15, 0.2) is 0 Å². The van der Waals surface area contributed by atoms with Gasteiger partial charge in [0.25, 0.3) is 0 Å². The monoisotopic (exact) mass is 394 g/mol. The summed E-state index contributed by atoms with van der Waals surface area (Å²) in [5.41, 5.74) is -0.233. The Balaban J connectivity index is 1.76. The van der Waals surface area contributed by atoms with Crippen LogP contribution in [0, 0.1) is 11.3 Å². The summed E-state index contributed by atoms with van der Waals surface area (Å²) in [5.74, 6) is -1.97. The van der Waals surface area contributed by atoms with Crippen LogP contribution in [0.2, 0.25) is 5.02 Å². The quantitative estimate of drug-likeness (QED) is 0.794. The second-order valence-corrected chi connectivity index (χ2v) is 7.67. The van der Waals surface area contributed by atoms with Crippen molar-refractivity contribution in [2.24, 2.45) is 11.3 Å². The predicted molar refractivity (Wildman–Crippen MR) is 98.2 cm³/mol. The highest BCUT2D eigenvalue weighted by Gasteiger charge is 2.45. The molecule has 1 aromatic carbocycles. The smallest absolute Gasteiger partial charge is 0.311 e. The number of nitrogens with zero attached hydrogens (tertiary/aromatic N) is 1. The minimum Gasteiger partial charge on any atom is -0.481 e. The van der Waals surface area contributed by atoms with Crippen LogP contribution in [-0.2, 0) is 19.1 Å². The SMILES string of the molecule is CN1C(=O)CC(C(=O)NCC2(C(=O)O)CCOCC2)C1c1cccc(Cl)c1. The first-order valence-electron chi connectivity index (χ1n) is 8.94. The Kier molecular flexibility index (Phi) is 5.72. The Labute approximate surface area is 162 Å². The van der Waals surface area contributed by atoms with E-state index in [0.29, 0.717) is 31.1 Å². The third kappa shape index (κ3) is 3.94. The lowest BCUT2D eigenvalue weighted by atomic mass is 9.80. The van der Waals surface area contributed by atoms with Crippen molar-refractivity contribution in [1.29, 1.82) is 0 Å². The Bertz CT molecular complexity index is 747. The highest BCUT2D eigenvalue weighted by atomic mass is 35.5. The fraction of sp³-hybridized carbons (Fsp3) is 0.526. The number of amides is 2. The molecule has 146 valence electrons. The van der Waals surface area contributed by atoms with Gasteiger partial charge in [0.1, 0.15) is 0 Å². The van der Waals surface area contributed by atoms with Crippen molar-refractivity contribution >= 4 is 29.4 Å². The van der Waals surface area contributed by atoms with E-state index in [1.807, 2.05) is 6.07 Å². The third-order valence-corrected chi connectivity index (χ3v) is 5.85. The second-order valence-electron chi connectivity index (χ2n) is 7.23. The lowest BCUT2D eigenvalue weighted by molar-refractivity contribution is -0.154. The predicted octanol–water partition coefficient (Wildman–Crippen LogP) is 1.86. The van der Waals surface area contributed by atoms with Crippen molar-refractivity contribution in [1.82, 2.24) is 10.2 Å². The standard InChI is InChI=1S/C19H23ClN2O5/c1-22-15(23)10-14(16(22)12-3-2-4-13(20)9-12)17(24)21-11-19(18(25)26)5-7-27-8-6-19/h2-4,9,14,16H,5-8,10-11H2,1H3,(H,21,24)(H,25,26). The summed E-state index contributed by atoms with van der Waals surface area (Å²) in [5, 5.41) is 12.9. The van der Waals surface area contributed by atoms with Crippen LogP contribution in [0.1, 0.15) is 30.9 Å². The molecule has 2 heterocycles. The average molecular weight is 395 g/mol. The van der Waals surface area contributed by atoms with Crippen molar-refractivity contribution in [2.45, 2.75) is 25.3 Å². The van der Waals surface area contributed by atoms with E-state index < -0.39 is 23.3 Å². The molecule has 2 unspecified atom stereocenters. The fourth-order valence-electron chi connectivity index (χ4n) is 3.87. The van der Waals surface area contributed by atoms with Crippen LogP contribution < -0.4 is 5.32 Å². The molecule has 0 spiro atoms. The molecule has 8 heteroatoms. The van der Waals surface area contributed by atoms with Crippen molar-refractivity contribution in [2.75, 3.05) is 26.8 Å². The van der Waals surface area contributed by atoms with Crippen molar-refractivity contribution in [3.63, 3.8) is 0 Å². The molecule has 1 aromatic rings. The van der Waals surface area contributed by atoms with Gasteiger partial charge in [-0.15, -0.1) is 0 Å². The molecule has 0 aliphatic carbocycles. The van der Waals surface area contributed by atoms with Gasteiger partial charge in [-0.1, -0.05) is 23.7 Å². The summed E-state index contributed by atoms with van der Waals surface area (Å²) in [6.07, 6.45) is 0.788.